The molecule has 0 spiro atoms. The first-order valence-electron chi connectivity index (χ1n) is 12.1. The van der Waals surface area contributed by atoms with Crippen LogP contribution in [0.1, 0.15) is 18.4 Å². The van der Waals surface area contributed by atoms with Crippen molar-refractivity contribution in [1.82, 2.24) is 19.4 Å². The van der Waals surface area contributed by atoms with E-state index in [9.17, 15) is 22.0 Å². The molecule has 36 heavy (non-hydrogen) atoms. The van der Waals surface area contributed by atoms with Crippen molar-refractivity contribution in [3.63, 3.8) is 0 Å². The molecule has 0 unspecified atom stereocenters. The predicted octanol–water partition coefficient (Wildman–Crippen LogP) is 2.06. The van der Waals surface area contributed by atoms with Crippen molar-refractivity contribution >= 4 is 15.9 Å². The van der Waals surface area contributed by atoms with Gasteiger partial charge in [-0.15, -0.1) is 0 Å². The number of piperazine rings is 1. The number of carbonyl (C=O) groups is 1. The average molecular weight is 523 g/mol. The van der Waals surface area contributed by atoms with Crippen molar-refractivity contribution < 1.29 is 26.7 Å². The topological polar surface area (TPSA) is 82.2 Å². The number of amides is 1. The zero-order valence-electron chi connectivity index (χ0n) is 20.3. The fourth-order valence-corrected chi connectivity index (χ4v) is 6.01. The van der Waals surface area contributed by atoms with Crippen molar-refractivity contribution in [1.29, 1.82) is 0 Å². The smallest absolute Gasteiger partial charge is 0.243 e. The van der Waals surface area contributed by atoms with Crippen molar-refractivity contribution in [2.24, 2.45) is 0 Å². The van der Waals surface area contributed by atoms with E-state index >= 15 is 0 Å². The first-order valence-corrected chi connectivity index (χ1v) is 13.5. The van der Waals surface area contributed by atoms with Crippen molar-refractivity contribution in [3.05, 3.63) is 59.7 Å². The number of carbonyl (C=O) groups excluding carboxylic acids is 1. The lowest BCUT2D eigenvalue weighted by Crippen LogP contribution is -2.49. The summed E-state index contributed by atoms with van der Waals surface area (Å²) in [5.74, 6) is -1.36. The van der Waals surface area contributed by atoms with Crippen LogP contribution in [-0.2, 0) is 21.4 Å². The van der Waals surface area contributed by atoms with E-state index in [1.54, 1.807) is 0 Å². The second-order valence-corrected chi connectivity index (χ2v) is 11.3. The third-order valence-electron chi connectivity index (χ3n) is 6.50. The maximum atomic E-state index is 13.5. The molecule has 0 aliphatic carbocycles. The molecule has 0 bridgehead atoms. The van der Waals surface area contributed by atoms with Crippen LogP contribution in [0.3, 0.4) is 0 Å². The van der Waals surface area contributed by atoms with Gasteiger partial charge in [-0.05, 0) is 49.4 Å². The van der Waals surface area contributed by atoms with Crippen LogP contribution >= 0.6 is 0 Å². The van der Waals surface area contributed by atoms with Gasteiger partial charge in [0.25, 0.3) is 0 Å². The van der Waals surface area contributed by atoms with E-state index in [1.165, 1.54) is 4.31 Å². The third-order valence-corrected chi connectivity index (χ3v) is 8.40. The quantitative estimate of drug-likeness (QED) is 0.515. The summed E-state index contributed by atoms with van der Waals surface area (Å²) in [6, 6.07) is 10.8. The molecule has 1 N–H and O–H groups in total. The summed E-state index contributed by atoms with van der Waals surface area (Å²) < 4.78 is 59.4. The average Bonchev–Trinajstić information content (AvgIpc) is 3.25. The largest absolute Gasteiger partial charge is 0.492 e. The zero-order valence-corrected chi connectivity index (χ0v) is 21.1. The van der Waals surface area contributed by atoms with Gasteiger partial charge >= 0.3 is 0 Å². The lowest BCUT2D eigenvalue weighted by Gasteiger charge is -2.33. The minimum atomic E-state index is -3.87. The second kappa shape index (κ2) is 11.6. The highest BCUT2D eigenvalue weighted by Gasteiger charge is 2.29. The summed E-state index contributed by atoms with van der Waals surface area (Å²) in [6.45, 7) is 4.24. The van der Waals surface area contributed by atoms with Gasteiger partial charge in [0.05, 0.1) is 4.90 Å². The molecule has 0 radical (unpaired) electrons. The Kier molecular flexibility index (Phi) is 8.55. The number of ether oxygens (including phenoxy) is 1. The molecule has 4 rings (SSSR count). The van der Waals surface area contributed by atoms with E-state index < -0.39 is 21.7 Å². The van der Waals surface area contributed by atoms with E-state index in [2.05, 4.69) is 15.1 Å². The molecule has 0 aromatic heterocycles. The summed E-state index contributed by atoms with van der Waals surface area (Å²) >= 11 is 0. The van der Waals surface area contributed by atoms with Gasteiger partial charge in [0.15, 0.2) is 11.6 Å². The van der Waals surface area contributed by atoms with Gasteiger partial charge in [-0.25, -0.2) is 17.2 Å². The SMILES string of the molecule is CN(Cc1cccc(OCCN2CCN(S(=O)(=O)c3ccc(F)c(F)c3)CC2)c1)C[C@@H]1CCC(=O)N1. The number of nitrogens with zero attached hydrogens (tertiary/aromatic N) is 3. The Morgan fingerprint density at radius 2 is 1.86 bits per heavy atom. The number of nitrogens with one attached hydrogen (secondary N) is 1. The summed E-state index contributed by atoms with van der Waals surface area (Å²) in [4.78, 5) is 15.5. The number of benzene rings is 2. The van der Waals surface area contributed by atoms with Crippen molar-refractivity contribution in [3.8, 4) is 5.75 Å². The van der Waals surface area contributed by atoms with Crippen LogP contribution < -0.4 is 10.1 Å². The molecule has 2 fully saturated rings. The molecular formula is C25H32F2N4O4S. The van der Waals surface area contributed by atoms with Gasteiger partial charge in [-0.3, -0.25) is 9.69 Å². The number of hydrogen-bond acceptors (Lipinski definition) is 6. The van der Waals surface area contributed by atoms with E-state index in [0.717, 1.165) is 49.0 Å². The highest BCUT2D eigenvalue weighted by molar-refractivity contribution is 7.89. The summed E-state index contributed by atoms with van der Waals surface area (Å²) in [6.07, 6.45) is 1.47. The summed E-state index contributed by atoms with van der Waals surface area (Å²) in [5, 5.41) is 2.99. The molecule has 2 aromatic rings. The van der Waals surface area contributed by atoms with E-state index in [4.69, 9.17) is 4.74 Å². The van der Waals surface area contributed by atoms with Crippen LogP contribution in [0.15, 0.2) is 47.4 Å². The molecule has 196 valence electrons. The van der Waals surface area contributed by atoms with Crippen molar-refractivity contribution in [2.45, 2.75) is 30.3 Å². The normalized spacial score (nSPS) is 19.6. The number of halogens is 2. The molecule has 8 nitrogen and oxygen atoms in total. The minimum Gasteiger partial charge on any atom is -0.492 e. The Morgan fingerprint density at radius 3 is 2.56 bits per heavy atom. The highest BCUT2D eigenvalue weighted by Crippen LogP contribution is 2.20. The third kappa shape index (κ3) is 6.78. The summed E-state index contributed by atoms with van der Waals surface area (Å²) in [7, 11) is -1.84. The molecule has 11 heteroatoms. The first kappa shape index (κ1) is 26.5. The molecular weight excluding hydrogens is 490 g/mol. The molecule has 2 heterocycles. The molecule has 2 saturated heterocycles. The lowest BCUT2D eigenvalue weighted by molar-refractivity contribution is -0.119. The van der Waals surface area contributed by atoms with Crippen LogP contribution in [0, 0.1) is 11.6 Å². The van der Waals surface area contributed by atoms with Gasteiger partial charge in [0.2, 0.25) is 15.9 Å². The van der Waals surface area contributed by atoms with Gasteiger partial charge in [0, 0.05) is 58.3 Å². The molecule has 2 aliphatic heterocycles. The fourth-order valence-electron chi connectivity index (χ4n) is 4.57. The lowest BCUT2D eigenvalue weighted by atomic mass is 10.1. The monoisotopic (exact) mass is 522 g/mol. The first-order chi connectivity index (χ1) is 17.2. The number of hydrogen-bond donors (Lipinski definition) is 1. The van der Waals surface area contributed by atoms with Crippen LogP contribution in [0.2, 0.25) is 0 Å². The molecule has 1 amide bonds. The zero-order chi connectivity index (χ0) is 25.7. The number of sulfonamides is 1. The minimum absolute atomic E-state index is 0.120. The Bertz CT molecular complexity index is 1170. The molecule has 2 aromatic carbocycles. The molecule has 1 atom stereocenters. The van der Waals surface area contributed by atoms with Crippen LogP contribution in [0.25, 0.3) is 0 Å². The van der Waals surface area contributed by atoms with Crippen LogP contribution in [-0.4, -0.2) is 87.4 Å². The summed E-state index contributed by atoms with van der Waals surface area (Å²) in [5.41, 5.74) is 1.12. The van der Waals surface area contributed by atoms with Crippen LogP contribution in [0.4, 0.5) is 8.78 Å². The number of likely N-dealkylation sites (N-methyl/N-ethyl adjacent to an activating group) is 1. The van der Waals surface area contributed by atoms with E-state index in [0.29, 0.717) is 32.7 Å². The van der Waals surface area contributed by atoms with Gasteiger partial charge in [-0.2, -0.15) is 4.31 Å². The Hall–Kier alpha value is -2.60. The van der Waals surface area contributed by atoms with Gasteiger partial charge < -0.3 is 15.0 Å². The van der Waals surface area contributed by atoms with E-state index in [1.807, 2.05) is 31.3 Å². The Labute approximate surface area is 210 Å². The Balaban J connectivity index is 1.20. The fraction of sp³-hybridized carbons (Fsp3) is 0.480. The maximum Gasteiger partial charge on any atom is 0.243 e. The predicted molar refractivity (Wildman–Crippen MR) is 131 cm³/mol. The Morgan fingerprint density at radius 1 is 1.08 bits per heavy atom. The van der Waals surface area contributed by atoms with Crippen molar-refractivity contribution in [2.75, 3.05) is 52.9 Å². The highest BCUT2D eigenvalue weighted by atomic mass is 32.2. The van der Waals surface area contributed by atoms with Crippen LogP contribution in [0.5, 0.6) is 5.75 Å². The van der Waals surface area contributed by atoms with Gasteiger partial charge in [-0.1, -0.05) is 12.1 Å². The molecule has 0 saturated carbocycles. The standard InChI is InChI=1S/C25H32F2N4O4S/c1-29(18-20-5-8-25(32)28-20)17-19-3-2-4-21(15-19)35-14-13-30-9-11-31(12-10-30)36(33,34)22-6-7-23(26)24(27)16-22/h2-4,6-7,15-16,20H,5,8-14,17-18H2,1H3,(H,28,32)/t20-/m0/s1. The van der Waals surface area contributed by atoms with Gasteiger partial charge in [0.1, 0.15) is 12.4 Å². The van der Waals surface area contributed by atoms with E-state index in [-0.39, 0.29) is 29.9 Å². The molecule has 2 aliphatic rings. The second-order valence-electron chi connectivity index (χ2n) is 9.32. The number of rotatable bonds is 10. The maximum absolute atomic E-state index is 13.5.